The first-order valence-electron chi connectivity index (χ1n) is 8.80. The molecule has 28 heavy (non-hydrogen) atoms. The molecule has 0 unspecified atom stereocenters. The Hall–Kier alpha value is -2.16. The molecule has 0 aliphatic heterocycles. The topological polar surface area (TPSA) is 74.8 Å². The van der Waals surface area contributed by atoms with Crippen LogP contribution in [0.15, 0.2) is 35.5 Å². The minimum Gasteiger partial charge on any atom is -0.383 e. The van der Waals surface area contributed by atoms with E-state index in [0.29, 0.717) is 16.8 Å². The van der Waals surface area contributed by atoms with Crippen LogP contribution in [0.1, 0.15) is 34.7 Å². The van der Waals surface area contributed by atoms with Crippen LogP contribution in [0.3, 0.4) is 0 Å². The highest BCUT2D eigenvalue weighted by atomic mass is 35.5. The first-order chi connectivity index (χ1) is 13.4. The first kappa shape index (κ1) is 20.6. The van der Waals surface area contributed by atoms with Crippen molar-refractivity contribution >= 4 is 29.1 Å². The first-order valence-corrected chi connectivity index (χ1v) is 10.2. The van der Waals surface area contributed by atoms with Crippen molar-refractivity contribution in [2.75, 3.05) is 19.5 Å². The lowest BCUT2D eigenvalue weighted by Gasteiger charge is -2.17. The fourth-order valence-corrected chi connectivity index (χ4v) is 4.17. The van der Waals surface area contributed by atoms with Crippen molar-refractivity contribution in [3.63, 3.8) is 0 Å². The molecule has 1 atom stereocenters. The maximum Gasteiger partial charge on any atom is 0.214 e. The molecule has 1 aromatic carbocycles. The van der Waals surface area contributed by atoms with E-state index in [9.17, 15) is 4.79 Å². The molecule has 7 nitrogen and oxygen atoms in total. The van der Waals surface area contributed by atoms with Gasteiger partial charge in [-0.05, 0) is 61.5 Å². The summed E-state index contributed by atoms with van der Waals surface area (Å²) in [7, 11) is 1.68. The van der Waals surface area contributed by atoms with E-state index in [4.69, 9.17) is 16.3 Å². The van der Waals surface area contributed by atoms with E-state index in [1.807, 2.05) is 32.0 Å². The molecule has 0 N–H and O–H groups in total. The van der Waals surface area contributed by atoms with Gasteiger partial charge in [0, 0.05) is 29.1 Å². The van der Waals surface area contributed by atoms with E-state index in [2.05, 4.69) is 27.0 Å². The van der Waals surface area contributed by atoms with Gasteiger partial charge in [-0.3, -0.25) is 4.79 Å². The molecule has 0 saturated heterocycles. The monoisotopic (exact) mass is 419 g/mol. The largest absolute Gasteiger partial charge is 0.383 e. The summed E-state index contributed by atoms with van der Waals surface area (Å²) in [5, 5.41) is 13.0. The molecule has 148 valence electrons. The Morgan fingerprint density at radius 3 is 2.68 bits per heavy atom. The Kier molecular flexibility index (Phi) is 6.53. The molecule has 3 aromatic rings. The quantitative estimate of drug-likeness (QED) is 0.407. The zero-order chi connectivity index (χ0) is 20.3. The van der Waals surface area contributed by atoms with Crippen LogP contribution in [0.2, 0.25) is 5.02 Å². The second-order valence-corrected chi connectivity index (χ2v) is 7.90. The van der Waals surface area contributed by atoms with Crippen molar-refractivity contribution < 1.29 is 9.53 Å². The molecule has 0 radical (unpaired) electrons. The molecule has 0 saturated carbocycles. The van der Waals surface area contributed by atoms with Crippen molar-refractivity contribution in [1.82, 2.24) is 24.8 Å². The lowest BCUT2D eigenvalue weighted by molar-refractivity contribution is 0.102. The number of nitrogens with zero attached hydrogens (tertiary/aromatic N) is 5. The Morgan fingerprint density at radius 2 is 2.00 bits per heavy atom. The SMILES string of the molecule is COC[C@H](C)n1c(C)cc(C(=O)CSc2nnnn2-c2ccc(Cl)cc2)c1C. The van der Waals surface area contributed by atoms with E-state index in [1.54, 1.807) is 23.9 Å². The third kappa shape index (κ3) is 4.29. The third-order valence-electron chi connectivity index (χ3n) is 4.48. The average Bonchev–Trinajstić information content (AvgIpc) is 3.24. The van der Waals surface area contributed by atoms with Crippen LogP contribution in [0.4, 0.5) is 0 Å². The number of aromatic nitrogens is 5. The highest BCUT2D eigenvalue weighted by Gasteiger charge is 2.20. The summed E-state index contributed by atoms with van der Waals surface area (Å²) in [6.07, 6.45) is 0. The molecule has 0 amide bonds. The zero-order valence-corrected chi connectivity index (χ0v) is 17.8. The van der Waals surface area contributed by atoms with Gasteiger partial charge in [0.25, 0.3) is 0 Å². The van der Waals surface area contributed by atoms with Crippen LogP contribution in [-0.4, -0.2) is 50.0 Å². The van der Waals surface area contributed by atoms with Crippen molar-refractivity contribution in [1.29, 1.82) is 0 Å². The highest BCUT2D eigenvalue weighted by molar-refractivity contribution is 7.99. The van der Waals surface area contributed by atoms with Crippen molar-refractivity contribution in [3.05, 3.63) is 52.3 Å². The zero-order valence-electron chi connectivity index (χ0n) is 16.2. The normalized spacial score (nSPS) is 12.3. The van der Waals surface area contributed by atoms with Crippen molar-refractivity contribution in [2.24, 2.45) is 0 Å². The van der Waals surface area contributed by atoms with E-state index < -0.39 is 0 Å². The van der Waals surface area contributed by atoms with Crippen LogP contribution >= 0.6 is 23.4 Å². The van der Waals surface area contributed by atoms with Gasteiger partial charge in [-0.15, -0.1) is 5.10 Å². The van der Waals surface area contributed by atoms with Gasteiger partial charge in [-0.1, -0.05) is 23.4 Å². The highest BCUT2D eigenvalue weighted by Crippen LogP contribution is 2.24. The van der Waals surface area contributed by atoms with Gasteiger partial charge in [0.1, 0.15) is 0 Å². The van der Waals surface area contributed by atoms with E-state index >= 15 is 0 Å². The molecule has 0 bridgehead atoms. The molecule has 0 spiro atoms. The van der Waals surface area contributed by atoms with Gasteiger partial charge in [0.15, 0.2) is 5.78 Å². The number of ether oxygens (including phenoxy) is 1. The third-order valence-corrected chi connectivity index (χ3v) is 5.65. The van der Waals surface area contributed by atoms with E-state index in [1.165, 1.54) is 11.8 Å². The molecule has 0 aliphatic carbocycles. The van der Waals surface area contributed by atoms with Gasteiger partial charge in [-0.25, -0.2) is 0 Å². The molecule has 0 fully saturated rings. The molecule has 0 aliphatic rings. The maximum atomic E-state index is 12.8. The molecular weight excluding hydrogens is 398 g/mol. The fraction of sp³-hybridized carbons (Fsp3) is 0.368. The number of hydrogen-bond acceptors (Lipinski definition) is 6. The molecule has 2 aromatic heterocycles. The second-order valence-electron chi connectivity index (χ2n) is 6.52. The summed E-state index contributed by atoms with van der Waals surface area (Å²) >= 11 is 7.24. The number of hydrogen-bond donors (Lipinski definition) is 0. The number of methoxy groups -OCH3 is 1. The van der Waals surface area contributed by atoms with Gasteiger partial charge < -0.3 is 9.30 Å². The van der Waals surface area contributed by atoms with Crippen molar-refractivity contribution in [3.8, 4) is 5.69 Å². The summed E-state index contributed by atoms with van der Waals surface area (Å²) in [6, 6.07) is 9.30. The Labute approximate surface area is 173 Å². The van der Waals surface area contributed by atoms with Crippen LogP contribution in [0.25, 0.3) is 5.69 Å². The maximum absolute atomic E-state index is 12.8. The van der Waals surface area contributed by atoms with Gasteiger partial charge in [0.2, 0.25) is 5.16 Å². The van der Waals surface area contributed by atoms with Gasteiger partial charge in [-0.2, -0.15) is 4.68 Å². The Bertz CT molecular complexity index is 967. The van der Waals surface area contributed by atoms with E-state index in [0.717, 1.165) is 22.6 Å². The van der Waals surface area contributed by atoms with Crippen LogP contribution in [0, 0.1) is 13.8 Å². The fourth-order valence-electron chi connectivity index (χ4n) is 3.27. The molecule has 2 heterocycles. The standard InChI is InChI=1S/C19H22ClN5O2S/c1-12-9-17(14(3)24(12)13(2)10-27-4)18(26)11-28-19-21-22-23-25(19)16-7-5-15(20)6-8-16/h5-9,13H,10-11H2,1-4H3/t13-/m0/s1. The second kappa shape index (κ2) is 8.89. The number of rotatable bonds is 8. The number of halogens is 1. The predicted molar refractivity (Wildman–Crippen MR) is 110 cm³/mol. The Balaban J connectivity index is 1.75. The number of aryl methyl sites for hydroxylation is 1. The van der Waals surface area contributed by atoms with Crippen LogP contribution in [-0.2, 0) is 4.74 Å². The van der Waals surface area contributed by atoms with E-state index in [-0.39, 0.29) is 17.6 Å². The number of ketones is 1. The number of thioether (sulfide) groups is 1. The van der Waals surface area contributed by atoms with Gasteiger partial charge in [0.05, 0.1) is 24.1 Å². The van der Waals surface area contributed by atoms with Gasteiger partial charge >= 0.3 is 0 Å². The number of Topliss-reactive ketones (excluding diaryl/α,β-unsaturated/α-hetero) is 1. The average molecular weight is 420 g/mol. The number of carbonyl (C=O) groups is 1. The van der Waals surface area contributed by atoms with Crippen LogP contribution in [0.5, 0.6) is 0 Å². The van der Waals surface area contributed by atoms with Crippen LogP contribution < -0.4 is 0 Å². The summed E-state index contributed by atoms with van der Waals surface area (Å²) in [6.45, 7) is 6.64. The summed E-state index contributed by atoms with van der Waals surface area (Å²) in [4.78, 5) is 12.8. The Morgan fingerprint density at radius 1 is 1.29 bits per heavy atom. The number of benzene rings is 1. The molecular formula is C19H22ClN5O2S. The molecule has 9 heteroatoms. The molecule has 3 rings (SSSR count). The summed E-state index contributed by atoms with van der Waals surface area (Å²) in [5.74, 6) is 0.288. The smallest absolute Gasteiger partial charge is 0.214 e. The summed E-state index contributed by atoms with van der Waals surface area (Å²) in [5.41, 5.74) is 3.50. The van der Waals surface area contributed by atoms with Crippen molar-refractivity contribution in [2.45, 2.75) is 32.0 Å². The number of carbonyl (C=O) groups excluding carboxylic acids is 1. The lowest BCUT2D eigenvalue weighted by atomic mass is 10.2. The minimum atomic E-state index is 0.0413. The summed E-state index contributed by atoms with van der Waals surface area (Å²) < 4.78 is 8.99. The lowest BCUT2D eigenvalue weighted by Crippen LogP contribution is -2.14. The number of tetrazole rings is 1. The predicted octanol–water partition coefficient (Wildman–Crippen LogP) is 3.92. The minimum absolute atomic E-state index is 0.0413.